The van der Waals surface area contributed by atoms with E-state index in [0.717, 1.165) is 16.9 Å². The lowest BCUT2D eigenvalue weighted by molar-refractivity contribution is -0.121. The molecule has 0 bridgehead atoms. The fourth-order valence-electron chi connectivity index (χ4n) is 2.02. The van der Waals surface area contributed by atoms with Gasteiger partial charge in [0.1, 0.15) is 11.6 Å². The van der Waals surface area contributed by atoms with Crippen LogP contribution in [0.1, 0.15) is 24.1 Å². The van der Waals surface area contributed by atoms with Crippen LogP contribution in [-0.2, 0) is 11.2 Å². The van der Waals surface area contributed by atoms with Crippen LogP contribution >= 0.6 is 0 Å². The van der Waals surface area contributed by atoms with Gasteiger partial charge in [0.2, 0.25) is 5.91 Å². The van der Waals surface area contributed by atoms with Crippen molar-refractivity contribution in [1.29, 1.82) is 0 Å². The third-order valence-corrected chi connectivity index (χ3v) is 3.20. The molecule has 1 unspecified atom stereocenters. The largest absolute Gasteiger partial charge is 0.373 e. The number of amides is 1. The fourth-order valence-corrected chi connectivity index (χ4v) is 2.02. The summed E-state index contributed by atoms with van der Waals surface area (Å²) in [5.74, 6) is 0.355. The van der Waals surface area contributed by atoms with Crippen molar-refractivity contribution in [3.63, 3.8) is 0 Å². The van der Waals surface area contributed by atoms with Gasteiger partial charge in [-0.1, -0.05) is 12.1 Å². The molecule has 1 heterocycles. The molecular formula is C16H18FN3O. The van der Waals surface area contributed by atoms with Crippen molar-refractivity contribution in [2.45, 2.75) is 19.4 Å². The summed E-state index contributed by atoms with van der Waals surface area (Å²) in [6, 6.07) is 9.58. The zero-order chi connectivity index (χ0) is 15.2. The predicted octanol–water partition coefficient (Wildman–Crippen LogP) is 2.68. The Hall–Kier alpha value is -2.43. The first-order chi connectivity index (χ1) is 10.1. The van der Waals surface area contributed by atoms with Crippen LogP contribution in [0.3, 0.4) is 0 Å². The minimum Gasteiger partial charge on any atom is -0.373 e. The highest BCUT2D eigenvalue weighted by Gasteiger charge is 2.11. The van der Waals surface area contributed by atoms with E-state index in [0.29, 0.717) is 0 Å². The third kappa shape index (κ3) is 4.27. The van der Waals surface area contributed by atoms with Gasteiger partial charge in [0.15, 0.2) is 0 Å². The summed E-state index contributed by atoms with van der Waals surface area (Å²) in [6.45, 7) is 1.91. The maximum Gasteiger partial charge on any atom is 0.224 e. The van der Waals surface area contributed by atoms with Crippen molar-refractivity contribution >= 4 is 11.7 Å². The normalized spacial score (nSPS) is 11.8. The van der Waals surface area contributed by atoms with Crippen molar-refractivity contribution in [1.82, 2.24) is 10.3 Å². The molecule has 1 aromatic carbocycles. The molecule has 2 rings (SSSR count). The predicted molar refractivity (Wildman–Crippen MR) is 80.4 cm³/mol. The molecule has 1 atom stereocenters. The van der Waals surface area contributed by atoms with Crippen molar-refractivity contribution in [2.75, 3.05) is 12.4 Å². The maximum atomic E-state index is 12.8. The Morgan fingerprint density at radius 1 is 1.29 bits per heavy atom. The van der Waals surface area contributed by atoms with Crippen LogP contribution in [0.25, 0.3) is 0 Å². The van der Waals surface area contributed by atoms with Gasteiger partial charge in [0.25, 0.3) is 0 Å². The van der Waals surface area contributed by atoms with Gasteiger partial charge < -0.3 is 10.6 Å². The van der Waals surface area contributed by atoms with E-state index < -0.39 is 0 Å². The first-order valence-electron chi connectivity index (χ1n) is 6.76. The van der Waals surface area contributed by atoms with Crippen molar-refractivity contribution < 1.29 is 9.18 Å². The molecule has 1 aromatic heterocycles. The Bertz CT molecular complexity index is 613. The van der Waals surface area contributed by atoms with Crippen LogP contribution < -0.4 is 10.6 Å². The second-order valence-electron chi connectivity index (χ2n) is 4.82. The highest BCUT2D eigenvalue weighted by Crippen LogP contribution is 2.15. The summed E-state index contributed by atoms with van der Waals surface area (Å²) in [7, 11) is 1.80. The number of rotatable bonds is 5. The smallest absolute Gasteiger partial charge is 0.224 e. The molecule has 2 N–H and O–H groups in total. The molecule has 0 aliphatic carbocycles. The van der Waals surface area contributed by atoms with E-state index in [1.807, 2.05) is 19.1 Å². The van der Waals surface area contributed by atoms with Gasteiger partial charge in [-0.25, -0.2) is 9.37 Å². The Kier molecular flexibility index (Phi) is 4.87. The van der Waals surface area contributed by atoms with Gasteiger partial charge in [0.05, 0.1) is 12.5 Å². The van der Waals surface area contributed by atoms with Crippen LogP contribution in [0.15, 0.2) is 42.6 Å². The average molecular weight is 287 g/mol. The molecule has 0 saturated carbocycles. The Morgan fingerprint density at radius 3 is 2.67 bits per heavy atom. The van der Waals surface area contributed by atoms with Gasteiger partial charge in [-0.3, -0.25) is 4.79 Å². The topological polar surface area (TPSA) is 54.0 Å². The van der Waals surface area contributed by atoms with Crippen molar-refractivity contribution in [2.24, 2.45) is 0 Å². The van der Waals surface area contributed by atoms with Crippen LogP contribution in [0.4, 0.5) is 10.2 Å². The van der Waals surface area contributed by atoms with Gasteiger partial charge in [0, 0.05) is 13.2 Å². The van der Waals surface area contributed by atoms with Gasteiger partial charge in [-0.05, 0) is 42.3 Å². The van der Waals surface area contributed by atoms with Crippen LogP contribution in [0.2, 0.25) is 0 Å². The fraction of sp³-hybridized carbons (Fsp3) is 0.250. The van der Waals surface area contributed by atoms with Crippen LogP contribution in [0.5, 0.6) is 0 Å². The molecule has 0 spiro atoms. The number of nitrogens with one attached hydrogen (secondary N) is 2. The van der Waals surface area contributed by atoms with E-state index in [1.54, 1.807) is 25.4 Å². The van der Waals surface area contributed by atoms with Crippen molar-refractivity contribution in [3.05, 3.63) is 59.5 Å². The number of pyridine rings is 1. The van der Waals surface area contributed by atoms with Gasteiger partial charge >= 0.3 is 0 Å². The third-order valence-electron chi connectivity index (χ3n) is 3.20. The molecule has 2 aromatic rings. The minimum absolute atomic E-state index is 0.100. The quantitative estimate of drug-likeness (QED) is 0.889. The molecule has 5 heteroatoms. The molecular weight excluding hydrogens is 269 g/mol. The van der Waals surface area contributed by atoms with Gasteiger partial charge in [-0.2, -0.15) is 0 Å². The lowest BCUT2D eigenvalue weighted by atomic mass is 10.1. The number of halogens is 1. The molecule has 0 fully saturated rings. The summed E-state index contributed by atoms with van der Waals surface area (Å²) in [6.07, 6.45) is 1.93. The molecule has 0 saturated heterocycles. The van der Waals surface area contributed by atoms with Crippen LogP contribution in [-0.4, -0.2) is 17.9 Å². The Morgan fingerprint density at radius 2 is 2.00 bits per heavy atom. The Balaban J connectivity index is 1.96. The number of hydrogen-bond acceptors (Lipinski definition) is 3. The van der Waals surface area contributed by atoms with Crippen LogP contribution in [0, 0.1) is 5.82 Å². The minimum atomic E-state index is -0.302. The van der Waals surface area contributed by atoms with E-state index in [2.05, 4.69) is 15.6 Å². The Labute approximate surface area is 123 Å². The average Bonchev–Trinajstić information content (AvgIpc) is 2.49. The lowest BCUT2D eigenvalue weighted by Crippen LogP contribution is -2.28. The molecule has 1 amide bonds. The van der Waals surface area contributed by atoms with E-state index in [-0.39, 0.29) is 24.2 Å². The highest BCUT2D eigenvalue weighted by molar-refractivity contribution is 5.79. The molecule has 0 aliphatic heterocycles. The molecule has 21 heavy (non-hydrogen) atoms. The first-order valence-corrected chi connectivity index (χ1v) is 6.76. The number of benzene rings is 1. The summed E-state index contributed by atoms with van der Waals surface area (Å²) in [5, 5.41) is 5.88. The number of carbonyl (C=O) groups excluding carboxylic acids is 1. The molecule has 110 valence electrons. The number of hydrogen-bond donors (Lipinski definition) is 2. The molecule has 0 aliphatic rings. The molecule has 4 nitrogen and oxygen atoms in total. The SMILES string of the molecule is CNc1cc(C(C)NC(=O)Cc2ccc(F)cc2)ccn1. The summed E-state index contributed by atoms with van der Waals surface area (Å²) >= 11 is 0. The summed E-state index contributed by atoms with van der Waals surface area (Å²) in [4.78, 5) is 16.1. The number of anilines is 1. The van der Waals surface area contributed by atoms with E-state index >= 15 is 0 Å². The molecule has 0 radical (unpaired) electrons. The first kappa shape index (κ1) is 15.0. The zero-order valence-electron chi connectivity index (χ0n) is 12.1. The van der Waals surface area contributed by atoms with Crippen molar-refractivity contribution in [3.8, 4) is 0 Å². The second kappa shape index (κ2) is 6.83. The highest BCUT2D eigenvalue weighted by atomic mass is 19.1. The monoisotopic (exact) mass is 287 g/mol. The number of carbonyl (C=O) groups is 1. The van der Waals surface area contributed by atoms with E-state index in [4.69, 9.17) is 0 Å². The number of aromatic nitrogens is 1. The van der Waals surface area contributed by atoms with E-state index in [1.165, 1.54) is 12.1 Å². The number of nitrogens with zero attached hydrogens (tertiary/aromatic N) is 1. The van der Waals surface area contributed by atoms with Gasteiger partial charge in [-0.15, -0.1) is 0 Å². The standard InChI is InChI=1S/C16H18FN3O/c1-11(13-7-8-19-15(10-13)18-2)20-16(21)9-12-3-5-14(17)6-4-12/h3-8,10-11H,9H2,1-2H3,(H,18,19)(H,20,21). The maximum absolute atomic E-state index is 12.8. The zero-order valence-corrected chi connectivity index (χ0v) is 12.1. The second-order valence-corrected chi connectivity index (χ2v) is 4.82. The van der Waals surface area contributed by atoms with E-state index in [9.17, 15) is 9.18 Å². The summed E-state index contributed by atoms with van der Waals surface area (Å²) < 4.78 is 12.8. The lowest BCUT2D eigenvalue weighted by Gasteiger charge is -2.15. The summed E-state index contributed by atoms with van der Waals surface area (Å²) in [5.41, 5.74) is 1.76.